The van der Waals surface area contributed by atoms with Crippen molar-refractivity contribution < 1.29 is 9.53 Å². The monoisotopic (exact) mass is 254 g/mol. The minimum absolute atomic E-state index is 0.0225. The fourth-order valence-electron chi connectivity index (χ4n) is 3.28. The number of hydrogen-bond acceptors (Lipinski definition) is 3. The Morgan fingerprint density at radius 3 is 2.67 bits per heavy atom. The van der Waals surface area contributed by atoms with Crippen LogP contribution in [0.25, 0.3) is 0 Å². The highest BCUT2D eigenvalue weighted by Gasteiger charge is 2.37. The van der Waals surface area contributed by atoms with Crippen molar-refractivity contribution >= 4 is 5.91 Å². The van der Waals surface area contributed by atoms with E-state index in [1.165, 1.54) is 12.8 Å². The highest BCUT2D eigenvalue weighted by Crippen LogP contribution is 2.36. The second kappa shape index (κ2) is 6.02. The van der Waals surface area contributed by atoms with Crippen LogP contribution >= 0.6 is 0 Å². The largest absolute Gasteiger partial charge is 0.364 e. The maximum absolute atomic E-state index is 11.8. The predicted molar refractivity (Wildman–Crippen MR) is 71.2 cm³/mol. The fraction of sp³-hybridized carbons (Fsp3) is 0.929. The summed E-state index contributed by atoms with van der Waals surface area (Å²) in [5.74, 6) is 0.681. The van der Waals surface area contributed by atoms with Crippen LogP contribution in [0.4, 0.5) is 0 Å². The number of hydrogen-bond donors (Lipinski definition) is 2. The third-order valence-electron chi connectivity index (χ3n) is 4.41. The zero-order valence-corrected chi connectivity index (χ0v) is 11.4. The Labute approximate surface area is 110 Å². The van der Waals surface area contributed by atoms with E-state index < -0.39 is 0 Å². The first-order valence-corrected chi connectivity index (χ1v) is 7.27. The summed E-state index contributed by atoms with van der Waals surface area (Å²) < 4.78 is 5.85. The highest BCUT2D eigenvalue weighted by molar-refractivity contribution is 5.77. The average Bonchev–Trinajstić information content (AvgIpc) is 2.97. The Morgan fingerprint density at radius 1 is 1.39 bits per heavy atom. The lowest BCUT2D eigenvalue weighted by molar-refractivity contribution is -0.133. The average molecular weight is 254 g/mol. The predicted octanol–water partition coefficient (Wildman–Crippen LogP) is 1.58. The van der Waals surface area contributed by atoms with E-state index in [2.05, 4.69) is 12.2 Å². The molecule has 2 fully saturated rings. The third-order valence-corrected chi connectivity index (χ3v) is 4.41. The molecule has 2 atom stereocenters. The van der Waals surface area contributed by atoms with Gasteiger partial charge in [0, 0.05) is 12.6 Å². The van der Waals surface area contributed by atoms with Crippen LogP contribution in [-0.2, 0) is 9.53 Å². The zero-order chi connectivity index (χ0) is 13.0. The van der Waals surface area contributed by atoms with Gasteiger partial charge in [0.15, 0.2) is 0 Å². The molecule has 2 rings (SSSR count). The molecule has 0 spiro atoms. The van der Waals surface area contributed by atoms with E-state index in [0.717, 1.165) is 32.1 Å². The van der Waals surface area contributed by atoms with Crippen molar-refractivity contribution in [2.24, 2.45) is 11.7 Å². The minimum atomic E-state index is -0.244. The molecule has 2 aliphatic carbocycles. The number of carbonyl (C=O) groups excluding carboxylic acids is 1. The molecule has 0 saturated heterocycles. The van der Waals surface area contributed by atoms with Gasteiger partial charge in [-0.15, -0.1) is 0 Å². The van der Waals surface area contributed by atoms with Gasteiger partial charge in [0.25, 0.3) is 0 Å². The van der Waals surface area contributed by atoms with Crippen LogP contribution < -0.4 is 11.1 Å². The number of nitrogens with two attached hydrogens (primary N) is 1. The molecule has 3 N–H and O–H groups in total. The van der Waals surface area contributed by atoms with Crippen LogP contribution in [-0.4, -0.2) is 30.7 Å². The molecule has 104 valence electrons. The van der Waals surface area contributed by atoms with Crippen LogP contribution in [0.3, 0.4) is 0 Å². The first-order valence-electron chi connectivity index (χ1n) is 7.27. The molecular weight excluding hydrogens is 228 g/mol. The standard InChI is InChI=1S/C14H26N2O2/c1-11-6-7-14(8-11,10-15)18-9-13(17)16-12-4-2-3-5-12/h11-12H,2-10,15H2,1H3,(H,16,17). The van der Waals surface area contributed by atoms with Crippen molar-refractivity contribution in [1.82, 2.24) is 5.32 Å². The SMILES string of the molecule is CC1CCC(CN)(OCC(=O)NC2CCCC2)C1. The van der Waals surface area contributed by atoms with Crippen molar-refractivity contribution in [3.63, 3.8) is 0 Å². The van der Waals surface area contributed by atoms with Gasteiger partial charge in [0.05, 0.1) is 5.60 Å². The lowest BCUT2D eigenvalue weighted by atomic mass is 10.0. The summed E-state index contributed by atoms with van der Waals surface area (Å²) in [4.78, 5) is 11.8. The molecule has 0 aromatic heterocycles. The van der Waals surface area contributed by atoms with Gasteiger partial charge in [0.2, 0.25) is 5.91 Å². The second-order valence-electron chi connectivity index (χ2n) is 6.07. The molecule has 2 unspecified atom stereocenters. The smallest absolute Gasteiger partial charge is 0.246 e. The lowest BCUT2D eigenvalue weighted by Gasteiger charge is -2.28. The molecule has 0 radical (unpaired) electrons. The Balaban J connectivity index is 1.74. The molecule has 2 saturated carbocycles. The Bertz CT molecular complexity index is 290. The van der Waals surface area contributed by atoms with E-state index in [1.54, 1.807) is 0 Å². The summed E-state index contributed by atoms with van der Waals surface area (Å²) >= 11 is 0. The van der Waals surface area contributed by atoms with Gasteiger partial charge < -0.3 is 15.8 Å². The molecule has 0 heterocycles. The first kappa shape index (κ1) is 13.8. The number of rotatable bonds is 5. The number of nitrogens with one attached hydrogen (secondary N) is 1. The Morgan fingerprint density at radius 2 is 2.11 bits per heavy atom. The number of ether oxygens (including phenoxy) is 1. The van der Waals surface area contributed by atoms with Gasteiger partial charge in [-0.05, 0) is 38.0 Å². The van der Waals surface area contributed by atoms with Crippen molar-refractivity contribution in [3.05, 3.63) is 0 Å². The van der Waals surface area contributed by atoms with E-state index in [1.807, 2.05) is 0 Å². The highest BCUT2D eigenvalue weighted by atomic mass is 16.5. The van der Waals surface area contributed by atoms with Gasteiger partial charge in [-0.1, -0.05) is 19.8 Å². The molecule has 2 aliphatic rings. The molecular formula is C14H26N2O2. The molecule has 18 heavy (non-hydrogen) atoms. The quantitative estimate of drug-likeness (QED) is 0.783. The van der Waals surface area contributed by atoms with Crippen LogP contribution in [0.5, 0.6) is 0 Å². The zero-order valence-electron chi connectivity index (χ0n) is 11.4. The van der Waals surface area contributed by atoms with Crippen LogP contribution in [0, 0.1) is 5.92 Å². The van der Waals surface area contributed by atoms with Crippen molar-refractivity contribution in [2.75, 3.05) is 13.2 Å². The van der Waals surface area contributed by atoms with Gasteiger partial charge in [-0.25, -0.2) is 0 Å². The van der Waals surface area contributed by atoms with E-state index in [0.29, 0.717) is 18.5 Å². The molecule has 0 aromatic carbocycles. The normalized spacial score (nSPS) is 32.9. The maximum atomic E-state index is 11.8. The third kappa shape index (κ3) is 3.45. The maximum Gasteiger partial charge on any atom is 0.246 e. The lowest BCUT2D eigenvalue weighted by Crippen LogP contribution is -2.43. The van der Waals surface area contributed by atoms with Crippen LogP contribution in [0.2, 0.25) is 0 Å². The first-order chi connectivity index (χ1) is 8.63. The topological polar surface area (TPSA) is 64.3 Å². The summed E-state index contributed by atoms with van der Waals surface area (Å²) in [5.41, 5.74) is 5.58. The summed E-state index contributed by atoms with van der Waals surface area (Å²) in [5, 5.41) is 3.05. The van der Waals surface area contributed by atoms with Gasteiger partial charge in [-0.3, -0.25) is 4.79 Å². The fourth-order valence-corrected chi connectivity index (χ4v) is 3.28. The molecule has 0 aliphatic heterocycles. The van der Waals surface area contributed by atoms with E-state index in [9.17, 15) is 4.79 Å². The van der Waals surface area contributed by atoms with Crippen molar-refractivity contribution in [2.45, 2.75) is 63.5 Å². The molecule has 0 bridgehead atoms. The van der Waals surface area contributed by atoms with Crippen molar-refractivity contribution in [3.8, 4) is 0 Å². The van der Waals surface area contributed by atoms with Crippen LogP contribution in [0.1, 0.15) is 51.9 Å². The molecule has 0 aromatic rings. The summed E-state index contributed by atoms with van der Waals surface area (Å²) in [6.07, 6.45) is 7.82. The molecule has 1 amide bonds. The van der Waals surface area contributed by atoms with Gasteiger partial charge >= 0.3 is 0 Å². The van der Waals surface area contributed by atoms with Crippen molar-refractivity contribution in [1.29, 1.82) is 0 Å². The summed E-state index contributed by atoms with van der Waals surface area (Å²) in [6.45, 7) is 2.91. The van der Waals surface area contributed by atoms with Gasteiger partial charge in [0.1, 0.15) is 6.61 Å². The Hall–Kier alpha value is -0.610. The summed E-state index contributed by atoms with van der Waals surface area (Å²) in [6, 6.07) is 0.373. The minimum Gasteiger partial charge on any atom is -0.364 e. The Kier molecular flexibility index (Phi) is 4.62. The van der Waals surface area contributed by atoms with E-state index >= 15 is 0 Å². The number of amides is 1. The van der Waals surface area contributed by atoms with Crippen LogP contribution in [0.15, 0.2) is 0 Å². The molecule has 4 nitrogen and oxygen atoms in total. The van der Waals surface area contributed by atoms with E-state index in [4.69, 9.17) is 10.5 Å². The van der Waals surface area contributed by atoms with E-state index in [-0.39, 0.29) is 18.1 Å². The van der Waals surface area contributed by atoms with Gasteiger partial charge in [-0.2, -0.15) is 0 Å². The summed E-state index contributed by atoms with van der Waals surface area (Å²) in [7, 11) is 0. The second-order valence-corrected chi connectivity index (χ2v) is 6.07. The molecule has 4 heteroatoms. The number of carbonyl (C=O) groups is 1.